The van der Waals surface area contributed by atoms with Crippen molar-refractivity contribution in [2.75, 3.05) is 13.1 Å². The Kier molecular flexibility index (Phi) is 4.32. The molecule has 0 aliphatic carbocycles. The van der Waals surface area contributed by atoms with Crippen LogP contribution >= 0.6 is 12.4 Å². The highest BCUT2D eigenvalue weighted by molar-refractivity contribution is 5.85. The van der Waals surface area contributed by atoms with Crippen LogP contribution in [0.5, 0.6) is 0 Å². The summed E-state index contributed by atoms with van der Waals surface area (Å²) < 4.78 is 0. The second-order valence-corrected chi connectivity index (χ2v) is 3.48. The quantitative estimate of drug-likeness (QED) is 0.778. The van der Waals surface area contributed by atoms with E-state index in [-0.39, 0.29) is 12.4 Å². The molecular formula is C10H15ClN2O. The standard InChI is InChI=1S/C10H14N2O.ClH/c13-12-7-4-9(5-8-12)10-3-1-2-6-11-10;/h1-3,6,9,13H,4-5,7-8H2;1H. The van der Waals surface area contributed by atoms with E-state index in [1.165, 1.54) is 5.06 Å². The molecule has 0 bridgehead atoms. The van der Waals surface area contributed by atoms with Crippen molar-refractivity contribution in [3.8, 4) is 0 Å². The molecule has 14 heavy (non-hydrogen) atoms. The Balaban J connectivity index is 0.000000980. The second kappa shape index (κ2) is 5.29. The summed E-state index contributed by atoms with van der Waals surface area (Å²) in [6, 6.07) is 6.02. The third kappa shape index (κ3) is 2.67. The minimum Gasteiger partial charge on any atom is -0.314 e. The van der Waals surface area contributed by atoms with Gasteiger partial charge >= 0.3 is 0 Å². The van der Waals surface area contributed by atoms with Gasteiger partial charge in [-0.25, -0.2) is 0 Å². The van der Waals surface area contributed by atoms with Crippen molar-refractivity contribution in [3.63, 3.8) is 0 Å². The molecule has 1 N–H and O–H groups in total. The third-order valence-corrected chi connectivity index (χ3v) is 2.58. The molecule has 0 spiro atoms. The van der Waals surface area contributed by atoms with Gasteiger partial charge in [0, 0.05) is 30.9 Å². The van der Waals surface area contributed by atoms with Gasteiger partial charge in [0.1, 0.15) is 0 Å². The fourth-order valence-corrected chi connectivity index (χ4v) is 1.78. The largest absolute Gasteiger partial charge is 0.314 e. The Morgan fingerprint density at radius 1 is 1.29 bits per heavy atom. The molecule has 0 unspecified atom stereocenters. The number of hydrogen-bond donors (Lipinski definition) is 1. The zero-order valence-electron chi connectivity index (χ0n) is 7.97. The highest BCUT2D eigenvalue weighted by atomic mass is 35.5. The van der Waals surface area contributed by atoms with Gasteiger partial charge in [0.05, 0.1) is 0 Å². The van der Waals surface area contributed by atoms with Crippen LogP contribution in [0.2, 0.25) is 0 Å². The monoisotopic (exact) mass is 214 g/mol. The molecule has 4 heteroatoms. The van der Waals surface area contributed by atoms with E-state index >= 15 is 0 Å². The SMILES string of the molecule is Cl.ON1CCC(c2ccccn2)CC1. The molecule has 1 aliphatic rings. The minimum absolute atomic E-state index is 0. The van der Waals surface area contributed by atoms with E-state index in [9.17, 15) is 5.21 Å². The molecule has 1 fully saturated rings. The minimum atomic E-state index is 0. The first-order valence-electron chi connectivity index (χ1n) is 4.71. The van der Waals surface area contributed by atoms with E-state index in [4.69, 9.17) is 0 Å². The third-order valence-electron chi connectivity index (χ3n) is 2.58. The summed E-state index contributed by atoms with van der Waals surface area (Å²) in [5, 5.41) is 10.6. The lowest BCUT2D eigenvalue weighted by molar-refractivity contribution is -0.106. The zero-order valence-corrected chi connectivity index (χ0v) is 8.78. The number of rotatable bonds is 1. The van der Waals surface area contributed by atoms with Gasteiger partial charge in [-0.3, -0.25) is 4.98 Å². The van der Waals surface area contributed by atoms with Gasteiger partial charge in [-0.15, -0.1) is 12.4 Å². The summed E-state index contributed by atoms with van der Waals surface area (Å²) in [6.07, 6.45) is 3.85. The summed E-state index contributed by atoms with van der Waals surface area (Å²) in [4.78, 5) is 4.33. The topological polar surface area (TPSA) is 36.4 Å². The van der Waals surface area contributed by atoms with Crippen molar-refractivity contribution in [3.05, 3.63) is 30.1 Å². The van der Waals surface area contributed by atoms with Gasteiger partial charge in [-0.1, -0.05) is 6.07 Å². The van der Waals surface area contributed by atoms with Crippen molar-refractivity contribution >= 4 is 12.4 Å². The molecule has 0 radical (unpaired) electrons. The fourth-order valence-electron chi connectivity index (χ4n) is 1.78. The lowest BCUT2D eigenvalue weighted by Crippen LogP contribution is -2.30. The Hall–Kier alpha value is -0.640. The van der Waals surface area contributed by atoms with E-state index in [2.05, 4.69) is 11.1 Å². The fraction of sp³-hybridized carbons (Fsp3) is 0.500. The number of nitrogens with zero attached hydrogens (tertiary/aromatic N) is 2. The van der Waals surface area contributed by atoms with Crippen LogP contribution in [0.4, 0.5) is 0 Å². The molecule has 1 aromatic heterocycles. The molecule has 2 rings (SSSR count). The van der Waals surface area contributed by atoms with Crippen LogP contribution in [0.3, 0.4) is 0 Å². The number of aromatic nitrogens is 1. The highest BCUT2D eigenvalue weighted by Crippen LogP contribution is 2.25. The summed E-state index contributed by atoms with van der Waals surface area (Å²) in [5.41, 5.74) is 1.16. The average molecular weight is 215 g/mol. The van der Waals surface area contributed by atoms with Crippen LogP contribution in [-0.2, 0) is 0 Å². The molecule has 0 aromatic carbocycles. The molecule has 78 valence electrons. The molecule has 3 nitrogen and oxygen atoms in total. The van der Waals surface area contributed by atoms with E-state index < -0.39 is 0 Å². The predicted octanol–water partition coefficient (Wildman–Crippen LogP) is 2.07. The lowest BCUT2D eigenvalue weighted by Gasteiger charge is -2.26. The van der Waals surface area contributed by atoms with Crippen molar-refractivity contribution in [1.29, 1.82) is 0 Å². The first-order chi connectivity index (χ1) is 6.36. The van der Waals surface area contributed by atoms with Crippen LogP contribution in [0, 0.1) is 0 Å². The molecule has 1 aliphatic heterocycles. The predicted molar refractivity (Wildman–Crippen MR) is 56.8 cm³/mol. The van der Waals surface area contributed by atoms with Crippen molar-refractivity contribution in [2.45, 2.75) is 18.8 Å². The Morgan fingerprint density at radius 2 is 2.00 bits per heavy atom. The van der Waals surface area contributed by atoms with E-state index in [1.54, 1.807) is 0 Å². The maximum atomic E-state index is 9.19. The van der Waals surface area contributed by atoms with E-state index in [1.807, 2.05) is 18.3 Å². The molecular weight excluding hydrogens is 200 g/mol. The van der Waals surface area contributed by atoms with Crippen LogP contribution in [0.1, 0.15) is 24.5 Å². The second-order valence-electron chi connectivity index (χ2n) is 3.48. The maximum Gasteiger partial charge on any atom is 0.0435 e. The molecule has 2 heterocycles. The normalized spacial score (nSPS) is 18.9. The van der Waals surface area contributed by atoms with E-state index in [0.29, 0.717) is 5.92 Å². The summed E-state index contributed by atoms with van der Waals surface area (Å²) in [5.74, 6) is 0.532. The summed E-state index contributed by atoms with van der Waals surface area (Å²) in [7, 11) is 0. The number of piperidine rings is 1. The summed E-state index contributed by atoms with van der Waals surface area (Å²) in [6.45, 7) is 1.53. The van der Waals surface area contributed by atoms with Crippen molar-refractivity contribution in [1.82, 2.24) is 10.0 Å². The molecule has 1 saturated heterocycles. The van der Waals surface area contributed by atoms with Crippen LogP contribution < -0.4 is 0 Å². The number of pyridine rings is 1. The van der Waals surface area contributed by atoms with Crippen molar-refractivity contribution < 1.29 is 5.21 Å². The van der Waals surface area contributed by atoms with E-state index in [0.717, 1.165) is 31.6 Å². The number of hydroxylamine groups is 2. The number of hydrogen-bond acceptors (Lipinski definition) is 3. The Morgan fingerprint density at radius 3 is 2.57 bits per heavy atom. The Bertz CT molecular complexity index is 260. The van der Waals surface area contributed by atoms with Crippen LogP contribution in [0.25, 0.3) is 0 Å². The first kappa shape index (κ1) is 11.4. The molecule has 0 amide bonds. The molecule has 1 aromatic rings. The molecule has 0 saturated carbocycles. The first-order valence-corrected chi connectivity index (χ1v) is 4.71. The number of halogens is 1. The van der Waals surface area contributed by atoms with Gasteiger partial charge in [0.25, 0.3) is 0 Å². The van der Waals surface area contributed by atoms with Gasteiger partial charge in [0.2, 0.25) is 0 Å². The zero-order chi connectivity index (χ0) is 9.10. The average Bonchev–Trinajstić information content (AvgIpc) is 2.20. The summed E-state index contributed by atoms with van der Waals surface area (Å²) >= 11 is 0. The van der Waals surface area contributed by atoms with Gasteiger partial charge < -0.3 is 5.21 Å². The van der Waals surface area contributed by atoms with Gasteiger partial charge in [-0.05, 0) is 25.0 Å². The van der Waals surface area contributed by atoms with Gasteiger partial charge in [-0.2, -0.15) is 5.06 Å². The van der Waals surface area contributed by atoms with Crippen molar-refractivity contribution in [2.24, 2.45) is 0 Å². The highest BCUT2D eigenvalue weighted by Gasteiger charge is 2.19. The maximum absolute atomic E-state index is 9.19. The Labute approximate surface area is 90.1 Å². The smallest absolute Gasteiger partial charge is 0.0435 e. The van der Waals surface area contributed by atoms with Crippen LogP contribution in [-0.4, -0.2) is 28.3 Å². The lowest BCUT2D eigenvalue weighted by atomic mass is 9.94. The van der Waals surface area contributed by atoms with Crippen LogP contribution in [0.15, 0.2) is 24.4 Å². The van der Waals surface area contributed by atoms with Gasteiger partial charge in [0.15, 0.2) is 0 Å². The molecule has 0 atom stereocenters.